The molecule has 4 nitrogen and oxygen atoms in total. The van der Waals surface area contributed by atoms with Crippen LogP contribution in [0.1, 0.15) is 22.3 Å². The Kier molecular flexibility index (Phi) is 5.59. The van der Waals surface area contributed by atoms with Crippen molar-refractivity contribution in [3.05, 3.63) is 64.7 Å². The third-order valence-electron chi connectivity index (χ3n) is 4.90. The summed E-state index contributed by atoms with van der Waals surface area (Å²) in [6.07, 6.45) is -4.26. The zero-order chi connectivity index (χ0) is 20.3. The summed E-state index contributed by atoms with van der Waals surface area (Å²) in [6, 6.07) is 13.1. The van der Waals surface area contributed by atoms with Crippen molar-refractivity contribution in [3.8, 4) is 6.07 Å². The van der Waals surface area contributed by atoms with Crippen LogP contribution in [0.4, 0.5) is 18.9 Å². The van der Waals surface area contributed by atoms with E-state index in [1.807, 2.05) is 36.1 Å². The number of benzene rings is 2. The number of halogens is 3. The monoisotopic (exact) mass is 387 g/mol. The summed E-state index contributed by atoms with van der Waals surface area (Å²) < 4.78 is 39.5. The zero-order valence-corrected chi connectivity index (χ0v) is 15.5. The maximum Gasteiger partial charge on any atom is 0.417 e. The lowest BCUT2D eigenvalue weighted by Crippen LogP contribution is -2.49. The molecule has 28 heavy (non-hydrogen) atoms. The van der Waals surface area contributed by atoms with Gasteiger partial charge < -0.3 is 9.80 Å². The molecule has 1 fully saturated rings. The van der Waals surface area contributed by atoms with Gasteiger partial charge in [-0.15, -0.1) is 0 Å². The standard InChI is InChI=1S/C21H20F3N3O/c1-15-2-4-16(5-3-15)12-20(28)27-10-8-26(9-11-27)18-7-6-17(14-25)19(13-18)21(22,23)24/h2-7,13H,8-12H2,1H3. The van der Waals surface area contributed by atoms with Gasteiger partial charge in [-0.1, -0.05) is 29.8 Å². The first-order valence-corrected chi connectivity index (χ1v) is 8.97. The Morgan fingerprint density at radius 1 is 1.07 bits per heavy atom. The highest BCUT2D eigenvalue weighted by atomic mass is 19.4. The number of hydrogen-bond donors (Lipinski definition) is 0. The SMILES string of the molecule is Cc1ccc(CC(=O)N2CCN(c3ccc(C#N)c(C(F)(F)F)c3)CC2)cc1. The highest BCUT2D eigenvalue weighted by Crippen LogP contribution is 2.34. The predicted molar refractivity (Wildman–Crippen MR) is 99.8 cm³/mol. The number of hydrogen-bond acceptors (Lipinski definition) is 3. The van der Waals surface area contributed by atoms with Gasteiger partial charge in [0.15, 0.2) is 0 Å². The molecule has 0 N–H and O–H groups in total. The molecule has 0 aliphatic carbocycles. The van der Waals surface area contributed by atoms with Gasteiger partial charge in [0.2, 0.25) is 5.91 Å². The molecule has 7 heteroatoms. The average molecular weight is 387 g/mol. The number of nitriles is 1. The van der Waals surface area contributed by atoms with Crippen molar-refractivity contribution in [3.63, 3.8) is 0 Å². The lowest BCUT2D eigenvalue weighted by Gasteiger charge is -2.36. The van der Waals surface area contributed by atoms with Gasteiger partial charge in [0, 0.05) is 31.9 Å². The van der Waals surface area contributed by atoms with Gasteiger partial charge in [-0.2, -0.15) is 18.4 Å². The average Bonchev–Trinajstić information content (AvgIpc) is 2.68. The maximum absolute atomic E-state index is 13.2. The molecular formula is C21H20F3N3O. The van der Waals surface area contributed by atoms with Crippen molar-refractivity contribution in [1.82, 2.24) is 4.90 Å². The van der Waals surface area contributed by atoms with Gasteiger partial charge in [0.1, 0.15) is 0 Å². The Morgan fingerprint density at radius 3 is 2.29 bits per heavy atom. The van der Waals surface area contributed by atoms with Crippen molar-refractivity contribution >= 4 is 11.6 Å². The molecule has 1 heterocycles. The third-order valence-corrected chi connectivity index (χ3v) is 4.90. The highest BCUT2D eigenvalue weighted by Gasteiger charge is 2.34. The first-order chi connectivity index (χ1) is 13.3. The molecule has 0 bridgehead atoms. The highest BCUT2D eigenvalue weighted by molar-refractivity contribution is 5.79. The van der Waals surface area contributed by atoms with E-state index in [0.29, 0.717) is 38.3 Å². The molecule has 1 aliphatic rings. The van der Waals surface area contributed by atoms with Crippen molar-refractivity contribution in [1.29, 1.82) is 5.26 Å². The Labute approximate surface area is 161 Å². The van der Waals surface area contributed by atoms with Crippen molar-refractivity contribution in [2.24, 2.45) is 0 Å². The molecule has 146 valence electrons. The van der Waals surface area contributed by atoms with E-state index in [1.54, 1.807) is 11.0 Å². The minimum absolute atomic E-state index is 0.0133. The summed E-state index contributed by atoms with van der Waals surface area (Å²) in [7, 11) is 0. The van der Waals surface area contributed by atoms with Crippen LogP contribution < -0.4 is 4.90 Å². The van der Waals surface area contributed by atoms with Crippen LogP contribution in [0, 0.1) is 18.3 Å². The van der Waals surface area contributed by atoms with Crippen LogP contribution in [0.2, 0.25) is 0 Å². The van der Waals surface area contributed by atoms with Crippen LogP contribution in [0.15, 0.2) is 42.5 Å². The largest absolute Gasteiger partial charge is 0.417 e. The van der Waals surface area contributed by atoms with Crippen LogP contribution in [-0.2, 0) is 17.4 Å². The molecular weight excluding hydrogens is 367 g/mol. The second-order valence-corrected chi connectivity index (χ2v) is 6.87. The molecule has 1 aliphatic heterocycles. The minimum Gasteiger partial charge on any atom is -0.368 e. The summed E-state index contributed by atoms with van der Waals surface area (Å²) in [5.74, 6) is 0.0133. The second kappa shape index (κ2) is 7.93. The van der Waals surface area contributed by atoms with Crippen molar-refractivity contribution < 1.29 is 18.0 Å². The first-order valence-electron chi connectivity index (χ1n) is 8.97. The second-order valence-electron chi connectivity index (χ2n) is 6.87. The van der Waals surface area contributed by atoms with E-state index >= 15 is 0 Å². The Bertz CT molecular complexity index is 893. The van der Waals surface area contributed by atoms with Crippen LogP contribution in [0.5, 0.6) is 0 Å². The fourth-order valence-corrected chi connectivity index (χ4v) is 3.27. The van der Waals surface area contributed by atoms with E-state index in [2.05, 4.69) is 0 Å². The fourth-order valence-electron chi connectivity index (χ4n) is 3.27. The molecule has 0 radical (unpaired) electrons. The lowest BCUT2D eigenvalue weighted by atomic mass is 10.1. The van der Waals surface area contributed by atoms with E-state index in [0.717, 1.165) is 17.2 Å². The van der Waals surface area contributed by atoms with Crippen LogP contribution in [-0.4, -0.2) is 37.0 Å². The lowest BCUT2D eigenvalue weighted by molar-refractivity contribution is -0.137. The number of carbonyl (C=O) groups excluding carboxylic acids is 1. The molecule has 0 unspecified atom stereocenters. The Morgan fingerprint density at radius 2 is 1.71 bits per heavy atom. The zero-order valence-electron chi connectivity index (χ0n) is 15.5. The van der Waals surface area contributed by atoms with Crippen molar-refractivity contribution in [2.45, 2.75) is 19.5 Å². The number of nitrogens with zero attached hydrogens (tertiary/aromatic N) is 3. The fraction of sp³-hybridized carbons (Fsp3) is 0.333. The number of carbonyl (C=O) groups is 1. The third kappa shape index (κ3) is 4.45. The molecule has 3 rings (SSSR count). The van der Waals surface area contributed by atoms with Gasteiger partial charge in [-0.05, 0) is 30.7 Å². The Hall–Kier alpha value is -3.01. The summed E-state index contributed by atoms with van der Waals surface area (Å²) in [5.41, 5.74) is 1.18. The molecule has 2 aromatic rings. The van der Waals surface area contributed by atoms with Gasteiger partial charge >= 0.3 is 6.18 Å². The summed E-state index contributed by atoms with van der Waals surface area (Å²) in [4.78, 5) is 16.0. The van der Waals surface area contributed by atoms with E-state index in [1.165, 1.54) is 12.1 Å². The number of alkyl halides is 3. The maximum atomic E-state index is 13.2. The van der Waals surface area contributed by atoms with Crippen LogP contribution in [0.3, 0.4) is 0 Å². The molecule has 2 aromatic carbocycles. The molecule has 0 saturated carbocycles. The molecule has 1 amide bonds. The molecule has 0 aromatic heterocycles. The minimum atomic E-state index is -4.58. The van der Waals surface area contributed by atoms with E-state index in [4.69, 9.17) is 5.26 Å². The van der Waals surface area contributed by atoms with Gasteiger partial charge in [-0.25, -0.2) is 0 Å². The number of piperazine rings is 1. The first kappa shape index (κ1) is 19.7. The molecule has 0 spiro atoms. The normalized spacial score (nSPS) is 14.7. The number of rotatable bonds is 3. The number of aryl methyl sites for hydroxylation is 1. The summed E-state index contributed by atoms with van der Waals surface area (Å²) in [6.45, 7) is 3.78. The summed E-state index contributed by atoms with van der Waals surface area (Å²) >= 11 is 0. The van der Waals surface area contributed by atoms with Gasteiger partial charge in [-0.3, -0.25) is 4.79 Å². The van der Waals surface area contributed by atoms with Crippen LogP contribution >= 0.6 is 0 Å². The molecule has 1 saturated heterocycles. The topological polar surface area (TPSA) is 47.3 Å². The molecule has 0 atom stereocenters. The van der Waals surface area contributed by atoms with E-state index in [9.17, 15) is 18.0 Å². The smallest absolute Gasteiger partial charge is 0.368 e. The number of anilines is 1. The summed E-state index contributed by atoms with van der Waals surface area (Å²) in [5, 5.41) is 8.91. The van der Waals surface area contributed by atoms with Crippen molar-refractivity contribution in [2.75, 3.05) is 31.1 Å². The van der Waals surface area contributed by atoms with Crippen LogP contribution in [0.25, 0.3) is 0 Å². The van der Waals surface area contributed by atoms with E-state index in [-0.39, 0.29) is 11.5 Å². The van der Waals surface area contributed by atoms with Gasteiger partial charge in [0.25, 0.3) is 0 Å². The predicted octanol–water partition coefficient (Wildman–Crippen LogP) is 3.78. The number of amides is 1. The van der Waals surface area contributed by atoms with Gasteiger partial charge in [0.05, 0.1) is 23.6 Å². The quantitative estimate of drug-likeness (QED) is 0.805. The Balaban J connectivity index is 1.64. The van der Waals surface area contributed by atoms with E-state index < -0.39 is 11.7 Å².